The minimum Gasteiger partial charge on any atom is -0.361 e. The van der Waals surface area contributed by atoms with Gasteiger partial charge < -0.3 is 15.4 Å². The Morgan fingerprint density at radius 2 is 0.657 bits per heavy atom. The van der Waals surface area contributed by atoms with E-state index in [0.29, 0.717) is 0 Å². The minimum atomic E-state index is -0.954. The summed E-state index contributed by atoms with van der Waals surface area (Å²) < 4.78 is 7.99. The first-order valence-corrected chi connectivity index (χ1v) is 27.0. The molecular formula is C62H86N4O. The van der Waals surface area contributed by atoms with Crippen LogP contribution in [-0.2, 0) is 41.7 Å². The van der Waals surface area contributed by atoms with Crippen LogP contribution in [0.15, 0.2) is 132 Å². The van der Waals surface area contributed by atoms with Crippen LogP contribution in [0, 0.1) is 0 Å². The van der Waals surface area contributed by atoms with Crippen LogP contribution in [0.1, 0.15) is 213 Å². The van der Waals surface area contributed by atoms with Crippen molar-refractivity contribution in [2.24, 2.45) is 9.98 Å². The normalized spacial score (nSPS) is 18.4. The molecule has 360 valence electrons. The van der Waals surface area contributed by atoms with Crippen molar-refractivity contribution in [2.45, 2.75) is 205 Å². The highest BCUT2D eigenvalue weighted by molar-refractivity contribution is 5.73. The number of aryl methyl sites for hydroxylation is 4. The third-order valence-electron chi connectivity index (χ3n) is 14.2. The van der Waals surface area contributed by atoms with Crippen LogP contribution in [0.2, 0.25) is 0 Å². The van der Waals surface area contributed by atoms with Crippen LogP contribution in [0.3, 0.4) is 0 Å². The van der Waals surface area contributed by atoms with Gasteiger partial charge in [0.2, 0.25) is 0 Å². The quantitative estimate of drug-likeness (QED) is 0.0480. The van der Waals surface area contributed by atoms with E-state index in [2.05, 4.69) is 135 Å². The molecule has 0 spiro atoms. The molecule has 6 rings (SSSR count). The molecule has 0 amide bonds. The van der Waals surface area contributed by atoms with Crippen LogP contribution >= 0.6 is 0 Å². The molecule has 0 saturated carbocycles. The zero-order valence-electron chi connectivity index (χ0n) is 42.1. The number of hydrogen-bond acceptors (Lipinski definition) is 5. The molecule has 0 aliphatic carbocycles. The summed E-state index contributed by atoms with van der Waals surface area (Å²) in [5, 5.41) is 7.64. The van der Waals surface area contributed by atoms with Crippen molar-refractivity contribution in [3.8, 4) is 0 Å². The van der Waals surface area contributed by atoms with E-state index >= 15 is 0 Å². The molecule has 0 bridgehead atoms. The summed E-state index contributed by atoms with van der Waals surface area (Å²) in [6, 6.07) is 36.8. The average Bonchev–Trinajstić information content (AvgIpc) is 3.37. The van der Waals surface area contributed by atoms with Gasteiger partial charge in [-0.25, -0.2) is 0 Å². The van der Waals surface area contributed by atoms with Crippen molar-refractivity contribution in [1.82, 2.24) is 10.6 Å². The highest BCUT2D eigenvalue weighted by atomic mass is 16.5. The van der Waals surface area contributed by atoms with E-state index in [1.165, 1.54) is 151 Å². The Balaban J connectivity index is 1.41. The highest BCUT2D eigenvalue weighted by Crippen LogP contribution is 2.49. The van der Waals surface area contributed by atoms with Gasteiger partial charge >= 0.3 is 0 Å². The lowest BCUT2D eigenvalue weighted by molar-refractivity contribution is -0.102. The Kier molecular flexibility index (Phi) is 22.0. The van der Waals surface area contributed by atoms with Gasteiger partial charge in [0, 0.05) is 36.0 Å². The van der Waals surface area contributed by atoms with Crippen LogP contribution < -0.4 is 10.6 Å². The summed E-state index contributed by atoms with van der Waals surface area (Å²) in [5.41, 5.74) is 7.83. The molecule has 67 heavy (non-hydrogen) atoms. The Labute approximate surface area is 407 Å². The van der Waals surface area contributed by atoms with Gasteiger partial charge in [0.25, 0.3) is 0 Å². The molecule has 0 aromatic heterocycles. The van der Waals surface area contributed by atoms with Crippen molar-refractivity contribution >= 4 is 12.4 Å². The fraction of sp³-hybridized carbons (Fsp3) is 0.516. The molecule has 2 heterocycles. The fourth-order valence-corrected chi connectivity index (χ4v) is 10.0. The predicted molar refractivity (Wildman–Crippen MR) is 287 cm³/mol. The maximum absolute atomic E-state index is 7.99. The van der Waals surface area contributed by atoms with E-state index < -0.39 is 23.5 Å². The van der Waals surface area contributed by atoms with Crippen molar-refractivity contribution in [1.29, 1.82) is 0 Å². The molecule has 4 unspecified atom stereocenters. The van der Waals surface area contributed by atoms with Gasteiger partial charge in [-0.05, 0) is 96.9 Å². The zero-order chi connectivity index (χ0) is 46.8. The van der Waals surface area contributed by atoms with E-state index in [9.17, 15) is 0 Å². The number of benzene rings is 4. The standard InChI is InChI=1S/C62H86N4O/c1-5-9-13-15-17-19-23-29-51-31-39-55(40-32-51)59(61(63-47-25-48-64-61)57-43-35-53(36-44-57)27-21-11-7-3)67-60(56-41-33-52(34-42-56)30-24-20-18-16-14-10-6-2)62(65-49-26-50-66-62)58-45-37-54(38-46-58)28-22-12-8-4/h25-26,31-50,59-60,63,65H,5-24,27-30H2,1-4H3. The second-order valence-corrected chi connectivity index (χ2v) is 19.5. The van der Waals surface area contributed by atoms with E-state index in [0.717, 1.165) is 47.9 Å². The number of allylic oxidation sites excluding steroid dienone is 2. The first kappa shape index (κ1) is 51.6. The van der Waals surface area contributed by atoms with E-state index in [1.54, 1.807) is 0 Å². The van der Waals surface area contributed by atoms with E-state index in [-0.39, 0.29) is 0 Å². The Morgan fingerprint density at radius 3 is 0.970 bits per heavy atom. The molecule has 2 aliphatic heterocycles. The number of rotatable bonds is 32. The second kappa shape index (κ2) is 28.6. The van der Waals surface area contributed by atoms with Gasteiger partial charge in [-0.1, -0.05) is 227 Å². The molecule has 0 saturated heterocycles. The largest absolute Gasteiger partial charge is 0.361 e. The van der Waals surface area contributed by atoms with Crippen molar-refractivity contribution < 1.29 is 4.74 Å². The van der Waals surface area contributed by atoms with Gasteiger partial charge in [0.05, 0.1) is 0 Å². The van der Waals surface area contributed by atoms with Gasteiger partial charge in [0.15, 0.2) is 11.3 Å². The minimum absolute atomic E-state index is 0.544. The first-order valence-electron chi connectivity index (χ1n) is 27.0. The monoisotopic (exact) mass is 903 g/mol. The summed E-state index contributed by atoms with van der Waals surface area (Å²) in [7, 11) is 0. The van der Waals surface area contributed by atoms with Crippen molar-refractivity contribution in [2.75, 3.05) is 0 Å². The van der Waals surface area contributed by atoms with Gasteiger partial charge in [0.1, 0.15) is 12.2 Å². The molecule has 4 atom stereocenters. The summed E-state index contributed by atoms with van der Waals surface area (Å²) in [6.45, 7) is 9.12. The first-order chi connectivity index (χ1) is 33.0. The zero-order valence-corrected chi connectivity index (χ0v) is 42.1. The van der Waals surface area contributed by atoms with E-state index in [4.69, 9.17) is 14.7 Å². The maximum atomic E-state index is 7.99. The van der Waals surface area contributed by atoms with Gasteiger partial charge in [-0.15, -0.1) is 0 Å². The Morgan fingerprint density at radius 1 is 0.373 bits per heavy atom. The molecule has 0 fully saturated rings. The summed E-state index contributed by atoms with van der Waals surface area (Å²) >= 11 is 0. The Bertz CT molecular complexity index is 1930. The highest BCUT2D eigenvalue weighted by Gasteiger charge is 2.49. The van der Waals surface area contributed by atoms with Gasteiger partial charge in [-0.2, -0.15) is 0 Å². The molecule has 5 nitrogen and oxygen atoms in total. The molecule has 2 N–H and O–H groups in total. The second-order valence-electron chi connectivity index (χ2n) is 19.5. The number of aliphatic imine (C=N–C) groups is 2. The fourth-order valence-electron chi connectivity index (χ4n) is 10.0. The summed E-state index contributed by atoms with van der Waals surface area (Å²) in [6.07, 6.45) is 40.8. The van der Waals surface area contributed by atoms with Crippen molar-refractivity contribution in [3.63, 3.8) is 0 Å². The third-order valence-corrected chi connectivity index (χ3v) is 14.2. The lowest BCUT2D eigenvalue weighted by atomic mass is 9.84. The van der Waals surface area contributed by atoms with Gasteiger partial charge in [-0.3, -0.25) is 9.98 Å². The average molecular weight is 903 g/mol. The topological polar surface area (TPSA) is 58.0 Å². The SMILES string of the molecule is CCCCCCCCCc1ccc(C(OC(c2ccc(CCCCCCCCC)cc2)C2(c3ccc(CCCCC)cc3)N=CC=CN2)C2(c3ccc(CCCCC)cc3)N=CC=CN2)cc1. The molecule has 5 heteroatoms. The van der Waals surface area contributed by atoms with Crippen LogP contribution in [0.4, 0.5) is 0 Å². The third kappa shape index (κ3) is 15.1. The molecule has 2 aliphatic rings. The molecule has 4 aromatic carbocycles. The smallest absolute Gasteiger partial charge is 0.185 e. The molecular weight excluding hydrogens is 817 g/mol. The lowest BCUT2D eigenvalue weighted by Crippen LogP contribution is -2.50. The molecule has 0 radical (unpaired) electrons. The maximum Gasteiger partial charge on any atom is 0.185 e. The number of unbranched alkanes of at least 4 members (excludes halogenated alkanes) is 16. The van der Waals surface area contributed by atoms with E-state index in [1.807, 2.05) is 37.0 Å². The number of ether oxygens (including phenoxy) is 1. The summed E-state index contributed by atoms with van der Waals surface area (Å²) in [5.74, 6) is 0. The molecule has 4 aromatic rings. The van der Waals surface area contributed by atoms with Crippen molar-refractivity contribution in [3.05, 3.63) is 166 Å². The lowest BCUT2D eigenvalue weighted by Gasteiger charge is -2.45. The predicted octanol–water partition coefficient (Wildman–Crippen LogP) is 16.6. The number of hydrogen-bond donors (Lipinski definition) is 2. The van der Waals surface area contributed by atoms with Crippen LogP contribution in [-0.4, -0.2) is 12.4 Å². The van der Waals surface area contributed by atoms with Crippen LogP contribution in [0.25, 0.3) is 0 Å². The number of nitrogens with one attached hydrogen (secondary N) is 2. The number of nitrogens with zero attached hydrogens (tertiary/aromatic N) is 2. The van der Waals surface area contributed by atoms with Crippen LogP contribution in [0.5, 0.6) is 0 Å². The Hall–Kier alpha value is -4.74. The summed E-state index contributed by atoms with van der Waals surface area (Å²) in [4.78, 5) is 10.8.